The second-order valence-electron chi connectivity index (χ2n) is 6.06. The zero-order valence-electron chi connectivity index (χ0n) is 11.3. The summed E-state index contributed by atoms with van der Waals surface area (Å²) in [6.07, 6.45) is 1.28. The van der Waals surface area contributed by atoms with Gasteiger partial charge in [0.25, 0.3) is 0 Å². The lowest BCUT2D eigenvalue weighted by Gasteiger charge is -2.17. The average molecular weight is 253 g/mol. The van der Waals surface area contributed by atoms with Crippen LogP contribution in [0.5, 0.6) is 0 Å². The van der Waals surface area contributed by atoms with Gasteiger partial charge in [-0.3, -0.25) is 0 Å². The topological polar surface area (TPSA) is 42.2 Å². The molecule has 96 valence electrons. The molecule has 1 aliphatic rings. The molecule has 4 heteroatoms. The number of thiazole rings is 1. The molecule has 0 saturated carbocycles. The molecule has 0 spiro atoms. The minimum absolute atomic E-state index is 0.0921. The summed E-state index contributed by atoms with van der Waals surface area (Å²) >= 11 is 1.78. The summed E-state index contributed by atoms with van der Waals surface area (Å²) in [7, 11) is 0. The van der Waals surface area contributed by atoms with Crippen LogP contribution in [0, 0.1) is 5.92 Å². The van der Waals surface area contributed by atoms with Crippen molar-refractivity contribution in [3.63, 3.8) is 0 Å². The van der Waals surface area contributed by atoms with Crippen molar-refractivity contribution in [3.05, 3.63) is 10.6 Å². The van der Waals surface area contributed by atoms with E-state index < -0.39 is 0 Å². The van der Waals surface area contributed by atoms with E-state index in [1.807, 2.05) is 0 Å². The van der Waals surface area contributed by atoms with E-state index in [-0.39, 0.29) is 5.41 Å². The molecule has 0 amide bonds. The van der Waals surface area contributed by atoms with Gasteiger partial charge >= 0.3 is 0 Å². The maximum Gasteiger partial charge on any atom is 0.185 e. The summed E-state index contributed by atoms with van der Waals surface area (Å²) in [5.74, 6) is 0.790. The predicted octanol–water partition coefficient (Wildman–Crippen LogP) is 2.75. The van der Waals surface area contributed by atoms with Crippen LogP contribution in [0.4, 0.5) is 5.13 Å². The van der Waals surface area contributed by atoms with Crippen LogP contribution in [0.2, 0.25) is 0 Å². The molecule has 0 aliphatic carbocycles. The molecule has 1 unspecified atom stereocenters. The van der Waals surface area contributed by atoms with Crippen LogP contribution in [-0.4, -0.2) is 18.1 Å². The van der Waals surface area contributed by atoms with Gasteiger partial charge in [0.1, 0.15) is 0 Å². The third-order valence-corrected chi connectivity index (χ3v) is 4.41. The lowest BCUT2D eigenvalue weighted by molar-refractivity contribution is 0.566. The van der Waals surface area contributed by atoms with Crippen LogP contribution in [0.25, 0.3) is 0 Å². The number of nitrogens with zero attached hydrogens (tertiary/aromatic N) is 2. The molecule has 1 aliphatic heterocycles. The van der Waals surface area contributed by atoms with Crippen molar-refractivity contribution in [2.75, 3.05) is 18.0 Å². The fraction of sp³-hybridized carbons (Fsp3) is 0.769. The molecule has 2 N–H and O–H groups in total. The van der Waals surface area contributed by atoms with Crippen molar-refractivity contribution in [1.29, 1.82) is 0 Å². The standard InChI is InChI=1S/C13H23N3S/c1-9-5-6-16(8-9)12-15-11(13(2,3)4)10(7-14)17-12/h9H,5-8,14H2,1-4H3. The monoisotopic (exact) mass is 253 g/mol. The first kappa shape index (κ1) is 12.8. The first-order chi connectivity index (χ1) is 7.91. The molecule has 1 saturated heterocycles. The maximum absolute atomic E-state index is 5.84. The maximum atomic E-state index is 5.84. The van der Waals surface area contributed by atoms with Gasteiger partial charge in [0.15, 0.2) is 5.13 Å². The summed E-state index contributed by atoms with van der Waals surface area (Å²) in [4.78, 5) is 8.48. The highest BCUT2D eigenvalue weighted by atomic mass is 32.1. The zero-order valence-corrected chi connectivity index (χ0v) is 12.1. The lowest BCUT2D eigenvalue weighted by Crippen LogP contribution is -2.20. The lowest BCUT2D eigenvalue weighted by atomic mass is 9.91. The van der Waals surface area contributed by atoms with E-state index in [0.717, 1.165) is 19.0 Å². The second kappa shape index (κ2) is 4.58. The molecule has 3 nitrogen and oxygen atoms in total. The molecule has 2 rings (SSSR count). The van der Waals surface area contributed by atoms with Crippen molar-refractivity contribution >= 4 is 16.5 Å². The van der Waals surface area contributed by atoms with E-state index in [2.05, 4.69) is 32.6 Å². The molecular formula is C13H23N3S. The van der Waals surface area contributed by atoms with Gasteiger partial charge < -0.3 is 10.6 Å². The van der Waals surface area contributed by atoms with Crippen molar-refractivity contribution in [2.24, 2.45) is 11.7 Å². The molecule has 0 aromatic carbocycles. The Kier molecular flexibility index (Phi) is 3.46. The van der Waals surface area contributed by atoms with Crippen molar-refractivity contribution in [3.8, 4) is 0 Å². The molecule has 1 aromatic rings. The SMILES string of the molecule is CC1CCN(c2nc(C(C)(C)C)c(CN)s2)C1. The number of anilines is 1. The van der Waals surface area contributed by atoms with Crippen LogP contribution < -0.4 is 10.6 Å². The fourth-order valence-electron chi connectivity index (χ4n) is 2.31. The van der Waals surface area contributed by atoms with Gasteiger partial charge in [-0.05, 0) is 12.3 Å². The van der Waals surface area contributed by atoms with Crippen LogP contribution >= 0.6 is 11.3 Å². The molecule has 1 fully saturated rings. The minimum atomic E-state index is 0.0921. The number of aromatic nitrogens is 1. The quantitative estimate of drug-likeness (QED) is 0.881. The van der Waals surface area contributed by atoms with Gasteiger partial charge in [0.2, 0.25) is 0 Å². The largest absolute Gasteiger partial charge is 0.348 e. The van der Waals surface area contributed by atoms with Crippen LogP contribution in [0.1, 0.15) is 44.7 Å². The van der Waals surface area contributed by atoms with E-state index in [0.29, 0.717) is 6.54 Å². The molecule has 0 radical (unpaired) electrons. The number of rotatable bonds is 2. The average Bonchev–Trinajstić information content (AvgIpc) is 2.81. The molecule has 1 atom stereocenters. The van der Waals surface area contributed by atoms with Crippen LogP contribution in [0.3, 0.4) is 0 Å². The summed E-state index contributed by atoms with van der Waals surface area (Å²) in [6, 6.07) is 0. The van der Waals surface area contributed by atoms with Crippen LogP contribution in [0.15, 0.2) is 0 Å². The Labute approximate surface area is 108 Å². The number of hydrogen-bond donors (Lipinski definition) is 1. The molecule has 2 heterocycles. The normalized spacial score (nSPS) is 21.2. The first-order valence-electron chi connectivity index (χ1n) is 6.37. The Balaban J connectivity index is 2.28. The highest BCUT2D eigenvalue weighted by molar-refractivity contribution is 7.15. The summed E-state index contributed by atoms with van der Waals surface area (Å²) in [5, 5.41) is 1.17. The Morgan fingerprint density at radius 2 is 2.18 bits per heavy atom. The van der Waals surface area contributed by atoms with Gasteiger partial charge in [0, 0.05) is 29.9 Å². The summed E-state index contributed by atoms with van der Waals surface area (Å²) < 4.78 is 0. The minimum Gasteiger partial charge on any atom is -0.348 e. The third-order valence-electron chi connectivity index (χ3n) is 3.28. The molecule has 1 aromatic heterocycles. The first-order valence-corrected chi connectivity index (χ1v) is 7.18. The number of nitrogens with two attached hydrogens (primary N) is 1. The Bertz CT molecular complexity index is 392. The van der Waals surface area contributed by atoms with Gasteiger partial charge in [-0.1, -0.05) is 27.7 Å². The number of hydrogen-bond acceptors (Lipinski definition) is 4. The van der Waals surface area contributed by atoms with Crippen molar-refractivity contribution < 1.29 is 0 Å². The van der Waals surface area contributed by atoms with E-state index in [4.69, 9.17) is 10.7 Å². The van der Waals surface area contributed by atoms with Crippen LogP contribution in [-0.2, 0) is 12.0 Å². The van der Waals surface area contributed by atoms with E-state index in [1.165, 1.54) is 22.1 Å². The van der Waals surface area contributed by atoms with Gasteiger partial charge in [-0.2, -0.15) is 0 Å². The Morgan fingerprint density at radius 1 is 1.47 bits per heavy atom. The van der Waals surface area contributed by atoms with Gasteiger partial charge in [-0.15, -0.1) is 11.3 Å². The highest BCUT2D eigenvalue weighted by Gasteiger charge is 2.27. The van der Waals surface area contributed by atoms with E-state index in [1.54, 1.807) is 11.3 Å². The highest BCUT2D eigenvalue weighted by Crippen LogP contribution is 2.35. The van der Waals surface area contributed by atoms with Crippen molar-refractivity contribution in [1.82, 2.24) is 4.98 Å². The Hall–Kier alpha value is -0.610. The Morgan fingerprint density at radius 3 is 2.59 bits per heavy atom. The van der Waals surface area contributed by atoms with E-state index >= 15 is 0 Å². The predicted molar refractivity (Wildman–Crippen MR) is 74.7 cm³/mol. The molecular weight excluding hydrogens is 230 g/mol. The smallest absolute Gasteiger partial charge is 0.185 e. The zero-order chi connectivity index (χ0) is 12.6. The molecule has 0 bridgehead atoms. The fourth-order valence-corrected chi connectivity index (χ4v) is 3.49. The third kappa shape index (κ3) is 2.63. The summed E-state index contributed by atoms with van der Waals surface area (Å²) in [6.45, 7) is 11.8. The van der Waals surface area contributed by atoms with Gasteiger partial charge in [-0.25, -0.2) is 4.98 Å². The molecule has 17 heavy (non-hydrogen) atoms. The second-order valence-corrected chi connectivity index (χ2v) is 7.12. The summed E-state index contributed by atoms with van der Waals surface area (Å²) in [5.41, 5.74) is 7.11. The van der Waals surface area contributed by atoms with Crippen molar-refractivity contribution in [2.45, 2.75) is 46.1 Å². The van der Waals surface area contributed by atoms with E-state index in [9.17, 15) is 0 Å². The van der Waals surface area contributed by atoms with Gasteiger partial charge in [0.05, 0.1) is 5.69 Å².